The summed E-state index contributed by atoms with van der Waals surface area (Å²) in [7, 11) is 1.39. The number of amides is 1. The van der Waals surface area contributed by atoms with E-state index < -0.39 is 0 Å². The van der Waals surface area contributed by atoms with E-state index in [-0.39, 0.29) is 11.9 Å². The second-order valence-corrected chi connectivity index (χ2v) is 5.56. The van der Waals surface area contributed by atoms with E-state index >= 15 is 0 Å². The van der Waals surface area contributed by atoms with Crippen molar-refractivity contribution in [2.75, 3.05) is 51.7 Å². The fourth-order valence-electron chi connectivity index (χ4n) is 2.31. The Morgan fingerprint density at radius 1 is 1.14 bits per heavy atom. The molecule has 1 aliphatic heterocycles. The predicted molar refractivity (Wildman–Crippen MR) is 85.0 cm³/mol. The quantitative estimate of drug-likeness (QED) is 0.821. The summed E-state index contributed by atoms with van der Waals surface area (Å²) < 4.78 is 4.65. The third kappa shape index (κ3) is 4.98. The minimum absolute atomic E-state index is 0.0884. The number of hydrogen-bond acceptors (Lipinski definition) is 5. The standard InChI is InChI=1S/C15H20ClN3O3/c1-22-15(21)11-19-8-6-18(7-9-19)10-14(20)17-13-5-3-2-4-12(13)16/h2-5H,6-11H2,1H3,(H,17,20). The number of benzene rings is 1. The second-order valence-electron chi connectivity index (χ2n) is 5.16. The first-order chi connectivity index (χ1) is 10.6. The Morgan fingerprint density at radius 2 is 1.73 bits per heavy atom. The lowest BCUT2D eigenvalue weighted by atomic mass is 10.3. The summed E-state index contributed by atoms with van der Waals surface area (Å²) in [5.74, 6) is -0.320. The van der Waals surface area contributed by atoms with Gasteiger partial charge in [-0.1, -0.05) is 23.7 Å². The summed E-state index contributed by atoms with van der Waals surface area (Å²) in [6.07, 6.45) is 0. The first-order valence-electron chi connectivity index (χ1n) is 7.14. The lowest BCUT2D eigenvalue weighted by molar-refractivity contribution is -0.142. The number of para-hydroxylation sites is 1. The highest BCUT2D eigenvalue weighted by atomic mass is 35.5. The second kappa shape index (κ2) is 8.12. The molecule has 0 unspecified atom stereocenters. The van der Waals surface area contributed by atoms with Crippen molar-refractivity contribution in [3.05, 3.63) is 29.3 Å². The number of esters is 1. The van der Waals surface area contributed by atoms with E-state index in [4.69, 9.17) is 11.6 Å². The normalized spacial score (nSPS) is 16.3. The van der Waals surface area contributed by atoms with Gasteiger partial charge in [0.2, 0.25) is 5.91 Å². The van der Waals surface area contributed by atoms with E-state index in [9.17, 15) is 9.59 Å². The zero-order chi connectivity index (χ0) is 15.9. The van der Waals surface area contributed by atoms with Crippen molar-refractivity contribution in [3.8, 4) is 0 Å². The average molecular weight is 326 g/mol. The molecule has 7 heteroatoms. The highest BCUT2D eigenvalue weighted by molar-refractivity contribution is 6.33. The van der Waals surface area contributed by atoms with Crippen LogP contribution in [0.5, 0.6) is 0 Å². The third-order valence-corrected chi connectivity index (χ3v) is 3.89. The van der Waals surface area contributed by atoms with Gasteiger partial charge in [-0.15, -0.1) is 0 Å². The van der Waals surface area contributed by atoms with Gasteiger partial charge in [-0.05, 0) is 12.1 Å². The van der Waals surface area contributed by atoms with Gasteiger partial charge >= 0.3 is 5.97 Å². The summed E-state index contributed by atoms with van der Waals surface area (Å²) >= 11 is 6.01. The van der Waals surface area contributed by atoms with E-state index in [1.807, 2.05) is 17.0 Å². The van der Waals surface area contributed by atoms with Crippen LogP contribution in [0.1, 0.15) is 0 Å². The van der Waals surface area contributed by atoms with Crippen LogP contribution in [0.4, 0.5) is 5.69 Å². The number of ether oxygens (including phenoxy) is 1. The van der Waals surface area contributed by atoms with Crippen LogP contribution in [0.15, 0.2) is 24.3 Å². The molecular formula is C15H20ClN3O3. The summed E-state index contributed by atoms with van der Waals surface area (Å²) in [4.78, 5) is 27.3. The van der Waals surface area contributed by atoms with Gasteiger partial charge in [-0.25, -0.2) is 0 Å². The Bertz CT molecular complexity index is 531. The van der Waals surface area contributed by atoms with Gasteiger partial charge in [-0.3, -0.25) is 19.4 Å². The molecule has 1 saturated heterocycles. The van der Waals surface area contributed by atoms with Crippen LogP contribution in [0.25, 0.3) is 0 Å². The van der Waals surface area contributed by atoms with Crippen LogP contribution < -0.4 is 5.32 Å². The van der Waals surface area contributed by atoms with E-state index in [1.54, 1.807) is 12.1 Å². The molecule has 1 amide bonds. The zero-order valence-corrected chi connectivity index (χ0v) is 13.3. The van der Waals surface area contributed by atoms with Crippen molar-refractivity contribution in [2.45, 2.75) is 0 Å². The van der Waals surface area contributed by atoms with Crippen molar-refractivity contribution in [1.82, 2.24) is 9.80 Å². The molecule has 6 nitrogen and oxygen atoms in total. The fourth-order valence-corrected chi connectivity index (χ4v) is 2.49. The molecule has 22 heavy (non-hydrogen) atoms. The molecule has 1 fully saturated rings. The SMILES string of the molecule is COC(=O)CN1CCN(CC(=O)Nc2ccccc2Cl)CC1. The Kier molecular flexibility index (Phi) is 6.18. The topological polar surface area (TPSA) is 61.9 Å². The maximum atomic E-state index is 12.0. The maximum absolute atomic E-state index is 12.0. The number of halogens is 1. The van der Waals surface area contributed by atoms with E-state index in [0.29, 0.717) is 23.8 Å². The number of methoxy groups -OCH3 is 1. The van der Waals surface area contributed by atoms with Crippen LogP contribution in [0, 0.1) is 0 Å². The molecule has 1 aromatic rings. The first kappa shape index (κ1) is 16.7. The number of rotatable bonds is 5. The third-order valence-electron chi connectivity index (χ3n) is 3.56. The molecule has 1 N–H and O–H groups in total. The molecule has 120 valence electrons. The predicted octanol–water partition coefficient (Wildman–Crippen LogP) is 1.07. The molecule has 0 aromatic heterocycles. The fraction of sp³-hybridized carbons (Fsp3) is 0.467. The maximum Gasteiger partial charge on any atom is 0.319 e. The van der Waals surface area contributed by atoms with Crippen LogP contribution >= 0.6 is 11.6 Å². The van der Waals surface area contributed by atoms with Gasteiger partial charge in [0.15, 0.2) is 0 Å². The van der Waals surface area contributed by atoms with Gasteiger partial charge in [0.05, 0.1) is 30.9 Å². The molecule has 1 aliphatic rings. The molecule has 0 aliphatic carbocycles. The molecule has 0 radical (unpaired) electrons. The summed E-state index contributed by atoms with van der Waals surface area (Å²) in [6.45, 7) is 3.59. The van der Waals surface area contributed by atoms with Crippen molar-refractivity contribution < 1.29 is 14.3 Å². The molecule has 0 saturated carbocycles. The summed E-state index contributed by atoms with van der Waals surface area (Å²) in [5.41, 5.74) is 0.624. The Morgan fingerprint density at radius 3 is 2.32 bits per heavy atom. The smallest absolute Gasteiger partial charge is 0.319 e. The van der Waals surface area contributed by atoms with E-state index in [2.05, 4.69) is 15.0 Å². The van der Waals surface area contributed by atoms with Gasteiger partial charge in [0, 0.05) is 26.2 Å². The molecular weight excluding hydrogens is 306 g/mol. The number of nitrogens with one attached hydrogen (secondary N) is 1. The van der Waals surface area contributed by atoms with Gasteiger partial charge in [0.25, 0.3) is 0 Å². The minimum Gasteiger partial charge on any atom is -0.468 e. The van der Waals surface area contributed by atoms with Gasteiger partial charge < -0.3 is 10.1 Å². The van der Waals surface area contributed by atoms with Gasteiger partial charge in [0.1, 0.15) is 0 Å². The molecule has 0 bridgehead atoms. The zero-order valence-electron chi connectivity index (χ0n) is 12.5. The van der Waals surface area contributed by atoms with Crippen molar-refractivity contribution in [3.63, 3.8) is 0 Å². The van der Waals surface area contributed by atoms with Crippen LogP contribution in [0.2, 0.25) is 5.02 Å². The van der Waals surface area contributed by atoms with Crippen LogP contribution in [-0.2, 0) is 14.3 Å². The first-order valence-corrected chi connectivity index (χ1v) is 7.52. The van der Waals surface area contributed by atoms with Crippen molar-refractivity contribution in [2.24, 2.45) is 0 Å². The lowest BCUT2D eigenvalue weighted by Crippen LogP contribution is -2.49. The molecule has 1 heterocycles. The molecule has 0 atom stereocenters. The summed E-state index contributed by atoms with van der Waals surface area (Å²) in [5, 5.41) is 3.34. The van der Waals surface area contributed by atoms with Crippen molar-refractivity contribution in [1.29, 1.82) is 0 Å². The number of carbonyl (C=O) groups excluding carboxylic acids is 2. The number of hydrogen-bond donors (Lipinski definition) is 1. The monoisotopic (exact) mass is 325 g/mol. The highest BCUT2D eigenvalue weighted by Crippen LogP contribution is 2.20. The average Bonchev–Trinajstić information content (AvgIpc) is 2.51. The Labute approximate surface area is 135 Å². The van der Waals surface area contributed by atoms with E-state index in [0.717, 1.165) is 26.2 Å². The lowest BCUT2D eigenvalue weighted by Gasteiger charge is -2.33. The van der Waals surface area contributed by atoms with Crippen LogP contribution in [-0.4, -0.2) is 68.1 Å². The highest BCUT2D eigenvalue weighted by Gasteiger charge is 2.20. The number of nitrogens with zero attached hydrogens (tertiary/aromatic N) is 2. The molecule has 2 rings (SSSR count). The number of carbonyl (C=O) groups is 2. The number of anilines is 1. The Hall–Kier alpha value is -1.63. The number of piperazine rings is 1. The summed E-state index contributed by atoms with van der Waals surface area (Å²) in [6, 6.07) is 7.16. The Balaban J connectivity index is 1.75. The van der Waals surface area contributed by atoms with Crippen molar-refractivity contribution >= 4 is 29.2 Å². The minimum atomic E-state index is -0.232. The van der Waals surface area contributed by atoms with Crippen LogP contribution in [0.3, 0.4) is 0 Å². The van der Waals surface area contributed by atoms with E-state index in [1.165, 1.54) is 7.11 Å². The largest absolute Gasteiger partial charge is 0.468 e. The molecule has 1 aromatic carbocycles. The van der Waals surface area contributed by atoms with Gasteiger partial charge in [-0.2, -0.15) is 0 Å². The molecule has 0 spiro atoms.